The van der Waals surface area contributed by atoms with E-state index >= 15 is 0 Å². The van der Waals surface area contributed by atoms with Gasteiger partial charge in [-0.25, -0.2) is 0 Å². The van der Waals surface area contributed by atoms with Gasteiger partial charge in [-0.1, -0.05) is 23.2 Å². The lowest BCUT2D eigenvalue weighted by Crippen LogP contribution is -2.28. The molecule has 0 aliphatic heterocycles. The van der Waals surface area contributed by atoms with Crippen molar-refractivity contribution < 1.29 is 14.3 Å². The van der Waals surface area contributed by atoms with Gasteiger partial charge in [0.15, 0.2) is 0 Å². The van der Waals surface area contributed by atoms with Crippen LogP contribution in [0, 0.1) is 0 Å². The summed E-state index contributed by atoms with van der Waals surface area (Å²) in [5.41, 5.74) is 0. The van der Waals surface area contributed by atoms with Crippen molar-refractivity contribution in [2.24, 2.45) is 0 Å². The second kappa shape index (κ2) is 9.87. The van der Waals surface area contributed by atoms with Crippen LogP contribution in [-0.2, 0) is 9.53 Å². The van der Waals surface area contributed by atoms with E-state index < -0.39 is 0 Å². The van der Waals surface area contributed by atoms with Gasteiger partial charge in [0.25, 0.3) is 0 Å². The number of nitrogens with zero attached hydrogens (tertiary/aromatic N) is 1. The first kappa shape index (κ1) is 18.1. The molecule has 4 nitrogen and oxygen atoms in total. The fourth-order valence-electron chi connectivity index (χ4n) is 1.76. The summed E-state index contributed by atoms with van der Waals surface area (Å²) in [5.74, 6) is 0.693. The predicted octanol–water partition coefficient (Wildman–Crippen LogP) is 3.65. The van der Waals surface area contributed by atoms with Crippen molar-refractivity contribution in [2.75, 3.05) is 33.9 Å². The lowest BCUT2D eigenvalue weighted by molar-refractivity contribution is -0.130. The third-order valence-electron chi connectivity index (χ3n) is 2.95. The Hall–Kier alpha value is -0.970. The van der Waals surface area contributed by atoms with Gasteiger partial charge < -0.3 is 14.4 Å². The Kier molecular flexibility index (Phi) is 8.50. The Morgan fingerprint density at radius 1 is 1.24 bits per heavy atom. The molecule has 0 spiro atoms. The second-order valence-corrected chi connectivity index (χ2v) is 5.53. The fourth-order valence-corrected chi connectivity index (χ4v) is 2.22. The molecule has 0 aromatic heterocycles. The Bertz CT molecular complexity index is 455. The normalized spacial score (nSPS) is 10.5. The molecule has 0 bridgehead atoms. The zero-order valence-electron chi connectivity index (χ0n) is 12.4. The number of rotatable bonds is 9. The van der Waals surface area contributed by atoms with Crippen LogP contribution in [0.15, 0.2) is 18.2 Å². The highest BCUT2D eigenvalue weighted by Crippen LogP contribution is 2.27. The first-order chi connectivity index (χ1) is 10.0. The van der Waals surface area contributed by atoms with Crippen molar-refractivity contribution in [3.63, 3.8) is 0 Å². The van der Waals surface area contributed by atoms with Gasteiger partial charge in [0.05, 0.1) is 11.6 Å². The zero-order chi connectivity index (χ0) is 15.7. The van der Waals surface area contributed by atoms with E-state index in [-0.39, 0.29) is 5.91 Å². The number of ether oxygens (including phenoxy) is 2. The van der Waals surface area contributed by atoms with Crippen molar-refractivity contribution in [2.45, 2.75) is 19.3 Å². The molecule has 0 saturated heterocycles. The fraction of sp³-hybridized carbons (Fsp3) is 0.533. The number of methoxy groups -OCH3 is 1. The Balaban J connectivity index is 2.22. The molecule has 6 heteroatoms. The van der Waals surface area contributed by atoms with E-state index in [0.717, 1.165) is 6.42 Å². The molecule has 0 unspecified atom stereocenters. The van der Waals surface area contributed by atoms with Crippen molar-refractivity contribution in [3.05, 3.63) is 28.2 Å². The average Bonchev–Trinajstić information content (AvgIpc) is 2.45. The SMILES string of the molecule is COCCCN(C)C(=O)CCCOc1ccc(Cl)cc1Cl. The van der Waals surface area contributed by atoms with Crippen molar-refractivity contribution >= 4 is 29.1 Å². The van der Waals surface area contributed by atoms with E-state index in [1.165, 1.54) is 0 Å². The number of hydrogen-bond acceptors (Lipinski definition) is 3. The summed E-state index contributed by atoms with van der Waals surface area (Å²) in [4.78, 5) is 13.6. The van der Waals surface area contributed by atoms with Crippen LogP contribution < -0.4 is 4.74 Å². The Labute approximate surface area is 135 Å². The minimum atomic E-state index is 0.108. The maximum absolute atomic E-state index is 11.8. The Morgan fingerprint density at radius 2 is 2.00 bits per heavy atom. The third kappa shape index (κ3) is 7.02. The van der Waals surface area contributed by atoms with Gasteiger partial charge in [-0.05, 0) is 31.0 Å². The Morgan fingerprint density at radius 3 is 2.67 bits per heavy atom. The van der Waals surface area contributed by atoms with Gasteiger partial charge in [-0.3, -0.25) is 4.79 Å². The minimum absolute atomic E-state index is 0.108. The molecule has 1 aromatic carbocycles. The van der Waals surface area contributed by atoms with E-state index in [9.17, 15) is 4.79 Å². The highest BCUT2D eigenvalue weighted by atomic mass is 35.5. The minimum Gasteiger partial charge on any atom is -0.492 e. The molecule has 21 heavy (non-hydrogen) atoms. The van der Waals surface area contributed by atoms with Gasteiger partial charge in [0.1, 0.15) is 5.75 Å². The third-order valence-corrected chi connectivity index (χ3v) is 3.48. The lowest BCUT2D eigenvalue weighted by Gasteiger charge is -2.17. The predicted molar refractivity (Wildman–Crippen MR) is 85.3 cm³/mol. The zero-order valence-corrected chi connectivity index (χ0v) is 13.9. The smallest absolute Gasteiger partial charge is 0.222 e. The number of benzene rings is 1. The van der Waals surface area contributed by atoms with Crippen LogP contribution in [0.4, 0.5) is 0 Å². The second-order valence-electron chi connectivity index (χ2n) is 4.69. The number of carbonyl (C=O) groups excluding carboxylic acids is 1. The molecule has 1 amide bonds. The summed E-state index contributed by atoms with van der Waals surface area (Å²) in [6.45, 7) is 1.81. The molecular formula is C15H21Cl2NO3. The van der Waals surface area contributed by atoms with Gasteiger partial charge in [0.2, 0.25) is 5.91 Å². The van der Waals surface area contributed by atoms with Crippen LogP contribution in [0.1, 0.15) is 19.3 Å². The van der Waals surface area contributed by atoms with Crippen molar-refractivity contribution in [1.29, 1.82) is 0 Å². The topological polar surface area (TPSA) is 38.8 Å². The molecular weight excluding hydrogens is 313 g/mol. The summed E-state index contributed by atoms with van der Waals surface area (Å²) in [6, 6.07) is 5.08. The van der Waals surface area contributed by atoms with Crippen LogP contribution in [0.2, 0.25) is 10.0 Å². The van der Waals surface area contributed by atoms with Crippen LogP contribution in [-0.4, -0.2) is 44.7 Å². The van der Waals surface area contributed by atoms with Crippen LogP contribution in [0.25, 0.3) is 0 Å². The summed E-state index contributed by atoms with van der Waals surface area (Å²) < 4.78 is 10.5. The molecule has 1 rings (SSSR count). The monoisotopic (exact) mass is 333 g/mol. The maximum atomic E-state index is 11.8. The molecule has 0 atom stereocenters. The summed E-state index contributed by atoms with van der Waals surface area (Å²) >= 11 is 11.8. The molecule has 0 radical (unpaired) electrons. The first-order valence-corrected chi connectivity index (χ1v) is 7.61. The molecule has 1 aromatic rings. The molecule has 0 aliphatic rings. The number of halogens is 2. The highest BCUT2D eigenvalue weighted by Gasteiger charge is 2.08. The molecule has 118 valence electrons. The molecule has 0 heterocycles. The highest BCUT2D eigenvalue weighted by molar-refractivity contribution is 6.35. The van der Waals surface area contributed by atoms with E-state index in [4.69, 9.17) is 32.7 Å². The first-order valence-electron chi connectivity index (χ1n) is 6.85. The van der Waals surface area contributed by atoms with Crippen LogP contribution in [0.5, 0.6) is 5.75 Å². The lowest BCUT2D eigenvalue weighted by atomic mass is 10.3. The maximum Gasteiger partial charge on any atom is 0.222 e. The van der Waals surface area contributed by atoms with Gasteiger partial charge in [-0.2, -0.15) is 0 Å². The quantitative estimate of drug-likeness (QED) is 0.647. The number of carbonyl (C=O) groups is 1. The summed E-state index contributed by atoms with van der Waals surface area (Å²) in [5, 5.41) is 1.05. The van der Waals surface area contributed by atoms with Gasteiger partial charge in [0, 0.05) is 38.8 Å². The molecule has 0 aliphatic carbocycles. The molecule has 0 saturated carbocycles. The van der Waals surface area contributed by atoms with Crippen LogP contribution in [0.3, 0.4) is 0 Å². The summed E-state index contributed by atoms with van der Waals surface area (Å²) in [6.07, 6.45) is 1.94. The van der Waals surface area contributed by atoms with Gasteiger partial charge >= 0.3 is 0 Å². The van der Waals surface area contributed by atoms with E-state index in [2.05, 4.69) is 0 Å². The van der Waals surface area contributed by atoms with E-state index in [1.807, 2.05) is 0 Å². The van der Waals surface area contributed by atoms with E-state index in [0.29, 0.717) is 48.4 Å². The number of hydrogen-bond donors (Lipinski definition) is 0. The van der Waals surface area contributed by atoms with Gasteiger partial charge in [-0.15, -0.1) is 0 Å². The van der Waals surface area contributed by atoms with Crippen molar-refractivity contribution in [3.8, 4) is 5.75 Å². The largest absolute Gasteiger partial charge is 0.492 e. The molecule has 0 fully saturated rings. The molecule has 0 N–H and O–H groups in total. The van der Waals surface area contributed by atoms with E-state index in [1.54, 1.807) is 37.3 Å². The average molecular weight is 334 g/mol. The summed E-state index contributed by atoms with van der Waals surface area (Å²) in [7, 11) is 3.45. The number of amides is 1. The standard InChI is InChI=1S/C15H21Cl2NO3/c1-18(8-4-9-20-2)15(19)5-3-10-21-14-7-6-12(16)11-13(14)17/h6-7,11H,3-5,8-10H2,1-2H3. The van der Waals surface area contributed by atoms with Crippen LogP contribution >= 0.6 is 23.2 Å². The van der Waals surface area contributed by atoms with Crippen molar-refractivity contribution in [1.82, 2.24) is 4.90 Å².